The first-order valence-corrected chi connectivity index (χ1v) is 8.97. The third kappa shape index (κ3) is 3.83. The van der Waals surface area contributed by atoms with Gasteiger partial charge in [-0.25, -0.2) is 14.6 Å². The van der Waals surface area contributed by atoms with Crippen molar-refractivity contribution < 1.29 is 23.5 Å². The maximum atomic E-state index is 12.5. The van der Waals surface area contributed by atoms with Crippen molar-refractivity contribution in [2.45, 2.75) is 34.3 Å². The van der Waals surface area contributed by atoms with E-state index in [1.165, 1.54) is 0 Å². The maximum Gasteiger partial charge on any atom is 0.355 e. The lowest BCUT2D eigenvalue weighted by Gasteiger charge is -2.04. The molecule has 28 heavy (non-hydrogen) atoms. The highest BCUT2D eigenvalue weighted by Gasteiger charge is 2.24. The first-order valence-electron chi connectivity index (χ1n) is 8.97. The predicted molar refractivity (Wildman–Crippen MR) is 102 cm³/mol. The van der Waals surface area contributed by atoms with Gasteiger partial charge in [-0.05, 0) is 45.4 Å². The van der Waals surface area contributed by atoms with E-state index in [1.807, 2.05) is 30.3 Å². The van der Waals surface area contributed by atoms with Crippen LogP contribution >= 0.6 is 0 Å². The zero-order valence-electron chi connectivity index (χ0n) is 16.3. The number of H-pyrrole nitrogens is 1. The molecule has 2 aromatic heterocycles. The van der Waals surface area contributed by atoms with Gasteiger partial charge in [-0.2, -0.15) is 0 Å². The molecule has 0 spiro atoms. The number of carbonyl (C=O) groups is 2. The molecule has 0 saturated carbocycles. The summed E-state index contributed by atoms with van der Waals surface area (Å²) in [5.74, 6) is 0.0198. The Hall–Kier alpha value is -3.35. The number of aryl methyl sites for hydroxylation is 2. The van der Waals surface area contributed by atoms with Crippen molar-refractivity contribution in [3.05, 3.63) is 64.3 Å². The quantitative estimate of drug-likeness (QED) is 0.644. The van der Waals surface area contributed by atoms with Crippen molar-refractivity contribution in [2.24, 2.45) is 0 Å². The van der Waals surface area contributed by atoms with Crippen LogP contribution in [0.5, 0.6) is 0 Å². The molecule has 0 amide bonds. The first kappa shape index (κ1) is 19.4. The van der Waals surface area contributed by atoms with Crippen molar-refractivity contribution in [3.63, 3.8) is 0 Å². The van der Waals surface area contributed by atoms with E-state index in [4.69, 9.17) is 13.9 Å². The molecule has 0 saturated heterocycles. The lowest BCUT2D eigenvalue weighted by molar-refractivity contribution is 0.0459. The summed E-state index contributed by atoms with van der Waals surface area (Å²) in [6, 6.07) is 9.48. The smallest absolute Gasteiger partial charge is 0.355 e. The molecule has 0 unspecified atom stereocenters. The van der Waals surface area contributed by atoms with Crippen LogP contribution in [-0.2, 0) is 16.1 Å². The third-order valence-electron chi connectivity index (χ3n) is 4.37. The molecule has 0 aliphatic rings. The highest BCUT2D eigenvalue weighted by molar-refractivity contribution is 5.98. The van der Waals surface area contributed by atoms with Gasteiger partial charge in [0.15, 0.2) is 0 Å². The zero-order chi connectivity index (χ0) is 20.3. The Bertz CT molecular complexity index is 1000. The molecule has 146 valence electrons. The summed E-state index contributed by atoms with van der Waals surface area (Å²) in [7, 11) is 0. The molecule has 0 aliphatic carbocycles. The largest absolute Gasteiger partial charge is 0.462 e. The maximum absolute atomic E-state index is 12.5. The molecule has 0 radical (unpaired) electrons. The van der Waals surface area contributed by atoms with Crippen molar-refractivity contribution in [2.75, 3.05) is 6.61 Å². The van der Waals surface area contributed by atoms with Gasteiger partial charge in [0.05, 0.1) is 12.2 Å². The number of nitrogens with zero attached hydrogens (tertiary/aromatic N) is 1. The van der Waals surface area contributed by atoms with Crippen LogP contribution in [0.4, 0.5) is 0 Å². The van der Waals surface area contributed by atoms with Crippen molar-refractivity contribution >= 4 is 11.9 Å². The second-order valence-electron chi connectivity index (χ2n) is 6.31. The number of hydrogen-bond acceptors (Lipinski definition) is 6. The van der Waals surface area contributed by atoms with Crippen molar-refractivity contribution in [1.29, 1.82) is 0 Å². The Morgan fingerprint density at radius 2 is 1.79 bits per heavy atom. The van der Waals surface area contributed by atoms with Crippen molar-refractivity contribution in [3.8, 4) is 11.5 Å². The minimum atomic E-state index is -0.570. The normalized spacial score (nSPS) is 10.7. The average Bonchev–Trinajstić information content (AvgIpc) is 3.20. The SMILES string of the molecule is CCOC(=O)c1c(C)[nH]c(C(=O)OCc2nc(-c3ccccc3)oc2C)c1C. The Kier molecular flexibility index (Phi) is 5.63. The molecule has 3 rings (SSSR count). The van der Waals surface area contributed by atoms with Crippen LogP contribution in [0.1, 0.15) is 50.5 Å². The number of oxazole rings is 1. The summed E-state index contributed by atoms with van der Waals surface area (Å²) < 4.78 is 16.1. The Balaban J connectivity index is 1.74. The van der Waals surface area contributed by atoms with E-state index in [0.717, 1.165) is 5.56 Å². The highest BCUT2D eigenvalue weighted by Crippen LogP contribution is 2.23. The lowest BCUT2D eigenvalue weighted by Crippen LogP contribution is -2.09. The topological polar surface area (TPSA) is 94.4 Å². The molecule has 0 bridgehead atoms. The van der Waals surface area contributed by atoms with E-state index in [0.29, 0.717) is 34.2 Å². The number of rotatable bonds is 6. The zero-order valence-corrected chi connectivity index (χ0v) is 16.3. The average molecular weight is 382 g/mol. The van der Waals surface area contributed by atoms with Gasteiger partial charge < -0.3 is 18.9 Å². The minimum Gasteiger partial charge on any atom is -0.462 e. The van der Waals surface area contributed by atoms with E-state index in [9.17, 15) is 9.59 Å². The van der Waals surface area contributed by atoms with E-state index in [1.54, 1.807) is 27.7 Å². The summed E-state index contributed by atoms with van der Waals surface area (Å²) in [6.45, 7) is 7.12. The Labute approximate surface area is 162 Å². The summed E-state index contributed by atoms with van der Waals surface area (Å²) in [5.41, 5.74) is 3.04. The second kappa shape index (κ2) is 8.12. The van der Waals surface area contributed by atoms with Crippen LogP contribution in [0.3, 0.4) is 0 Å². The lowest BCUT2D eigenvalue weighted by atomic mass is 10.1. The molecule has 1 N–H and O–H groups in total. The van der Waals surface area contributed by atoms with E-state index in [2.05, 4.69) is 9.97 Å². The number of carbonyl (C=O) groups excluding carboxylic acids is 2. The van der Waals surface area contributed by atoms with Gasteiger partial charge in [0.25, 0.3) is 0 Å². The molecule has 0 fully saturated rings. The summed E-state index contributed by atoms with van der Waals surface area (Å²) in [4.78, 5) is 31.9. The molecule has 3 aromatic rings. The van der Waals surface area contributed by atoms with Crippen LogP contribution < -0.4 is 0 Å². The van der Waals surface area contributed by atoms with E-state index in [-0.39, 0.29) is 18.9 Å². The highest BCUT2D eigenvalue weighted by atomic mass is 16.5. The summed E-state index contributed by atoms with van der Waals surface area (Å²) >= 11 is 0. The number of benzene rings is 1. The first-order chi connectivity index (χ1) is 13.4. The Morgan fingerprint density at radius 3 is 2.46 bits per heavy atom. The summed E-state index contributed by atoms with van der Waals surface area (Å²) in [5, 5.41) is 0. The molecule has 1 aromatic carbocycles. The number of ether oxygens (including phenoxy) is 2. The minimum absolute atomic E-state index is 0.0345. The molecule has 0 aliphatic heterocycles. The molecule has 0 atom stereocenters. The van der Waals surface area contributed by atoms with Crippen LogP contribution in [0.15, 0.2) is 34.7 Å². The summed E-state index contributed by atoms with van der Waals surface area (Å²) in [6.07, 6.45) is 0. The molecular formula is C21H22N2O5. The van der Waals surface area contributed by atoms with E-state index < -0.39 is 11.9 Å². The standard InChI is InChI=1S/C21H22N2O5/c1-5-26-20(24)17-12(2)18(22-13(17)3)21(25)27-11-16-14(4)28-19(23-16)15-9-7-6-8-10-15/h6-10,22H,5,11H2,1-4H3. The van der Waals surface area contributed by atoms with Gasteiger partial charge in [0.2, 0.25) is 5.89 Å². The number of aromatic nitrogens is 2. The van der Waals surface area contributed by atoms with Crippen LogP contribution in [-0.4, -0.2) is 28.5 Å². The van der Waals surface area contributed by atoms with Crippen LogP contribution in [0, 0.1) is 20.8 Å². The van der Waals surface area contributed by atoms with Crippen molar-refractivity contribution in [1.82, 2.24) is 9.97 Å². The molecule has 2 heterocycles. The van der Waals surface area contributed by atoms with Gasteiger partial charge in [0, 0.05) is 11.3 Å². The van der Waals surface area contributed by atoms with Crippen LogP contribution in [0.2, 0.25) is 0 Å². The fourth-order valence-electron chi connectivity index (χ4n) is 2.94. The van der Waals surface area contributed by atoms with Gasteiger partial charge in [-0.3, -0.25) is 0 Å². The molecular weight excluding hydrogens is 360 g/mol. The predicted octanol–water partition coefficient (Wildman–Crippen LogP) is 4.13. The van der Waals surface area contributed by atoms with E-state index >= 15 is 0 Å². The van der Waals surface area contributed by atoms with Gasteiger partial charge in [-0.1, -0.05) is 18.2 Å². The second-order valence-corrected chi connectivity index (χ2v) is 6.31. The van der Waals surface area contributed by atoms with Gasteiger partial charge in [-0.15, -0.1) is 0 Å². The number of esters is 2. The fourth-order valence-corrected chi connectivity index (χ4v) is 2.94. The molecule has 7 nitrogen and oxygen atoms in total. The number of nitrogens with one attached hydrogen (secondary N) is 1. The van der Waals surface area contributed by atoms with Gasteiger partial charge in [0.1, 0.15) is 23.8 Å². The molecule has 7 heteroatoms. The third-order valence-corrected chi connectivity index (χ3v) is 4.37. The number of hydrogen-bond donors (Lipinski definition) is 1. The Morgan fingerprint density at radius 1 is 1.07 bits per heavy atom. The number of aromatic amines is 1. The fraction of sp³-hybridized carbons (Fsp3) is 0.286. The van der Waals surface area contributed by atoms with Crippen LogP contribution in [0.25, 0.3) is 11.5 Å². The monoisotopic (exact) mass is 382 g/mol. The van der Waals surface area contributed by atoms with Gasteiger partial charge >= 0.3 is 11.9 Å².